The van der Waals surface area contributed by atoms with Crippen LogP contribution in [0.3, 0.4) is 0 Å². The average Bonchev–Trinajstić information content (AvgIpc) is 4.02. The number of Topliss-reactive ketones (excluding diaryl/α,β-unsaturated/α-hetero) is 3. The normalized spacial score (nSPS) is 21.4. The van der Waals surface area contributed by atoms with Crippen molar-refractivity contribution in [1.29, 1.82) is 0 Å². The van der Waals surface area contributed by atoms with Gasteiger partial charge in [0.25, 0.3) is 27.8 Å². The van der Waals surface area contributed by atoms with E-state index < -0.39 is 43.4 Å². The van der Waals surface area contributed by atoms with Gasteiger partial charge in [-0.3, -0.25) is 67.6 Å². The summed E-state index contributed by atoms with van der Waals surface area (Å²) in [5, 5.41) is 41.5. The number of rotatable bonds is 12. The third-order valence-electron chi connectivity index (χ3n) is 11.1. The van der Waals surface area contributed by atoms with Gasteiger partial charge in [0.05, 0.1) is 40.0 Å². The minimum absolute atomic E-state index is 0.0302. The van der Waals surface area contributed by atoms with Gasteiger partial charge in [0, 0.05) is 31.1 Å². The SMILES string of the molecule is CC(=O)C1CCC(OS(C)(=O)=O)CC1.CC(=O)C1CCC(n2cc(N)c(C(N)=O)n2)CC1.CC(=O)C1CCC(n2cc([N+](=O)[O-])c(C(N)=O)n2)CC1.CO.NC(=O)c1[nH]ncc1[N+](=O)[O-]. The van der Waals surface area contributed by atoms with Crippen molar-refractivity contribution >= 4 is 62.3 Å². The number of aliphatic hydroxyl groups is 1. The lowest BCUT2D eigenvalue weighted by Crippen LogP contribution is -2.26. The predicted molar refractivity (Wildman–Crippen MR) is 230 cm³/mol. The number of H-pyrrole nitrogens is 1. The molecule has 10 N–H and O–H groups in total. The van der Waals surface area contributed by atoms with Gasteiger partial charge < -0.3 is 28.0 Å². The third kappa shape index (κ3) is 16.9. The van der Waals surface area contributed by atoms with Crippen LogP contribution in [-0.4, -0.2) is 108 Å². The molecule has 3 aromatic heterocycles. The number of aromatic nitrogens is 6. The number of nitrogen functional groups attached to an aromatic ring is 1. The Balaban J connectivity index is 0.000000300. The zero-order valence-electron chi connectivity index (χ0n) is 36.8. The van der Waals surface area contributed by atoms with Crippen LogP contribution >= 0.6 is 0 Å². The van der Waals surface area contributed by atoms with Crippen LogP contribution in [0.2, 0.25) is 0 Å². The van der Waals surface area contributed by atoms with Gasteiger partial charge in [-0.15, -0.1) is 0 Å². The molecule has 0 unspecified atom stereocenters. The number of hydrogen-bond donors (Lipinski definition) is 6. The van der Waals surface area contributed by atoms with Gasteiger partial charge in [0.1, 0.15) is 29.7 Å². The van der Waals surface area contributed by atoms with Gasteiger partial charge >= 0.3 is 11.4 Å². The van der Waals surface area contributed by atoms with Crippen LogP contribution in [0.15, 0.2) is 18.6 Å². The van der Waals surface area contributed by atoms with Crippen molar-refractivity contribution in [3.05, 3.63) is 55.9 Å². The number of ketones is 3. The number of amides is 3. The van der Waals surface area contributed by atoms with Gasteiger partial charge in [-0.05, 0) is 97.8 Å². The van der Waals surface area contributed by atoms with E-state index in [1.54, 1.807) is 31.6 Å². The molecule has 0 bridgehead atoms. The molecule has 3 fully saturated rings. The van der Waals surface area contributed by atoms with Crippen molar-refractivity contribution < 1.29 is 56.3 Å². The van der Waals surface area contributed by atoms with Crippen molar-refractivity contribution in [1.82, 2.24) is 29.8 Å². The number of nitro groups is 2. The summed E-state index contributed by atoms with van der Waals surface area (Å²) < 4.78 is 29.7. The van der Waals surface area contributed by atoms with E-state index in [0.717, 1.165) is 70.9 Å². The summed E-state index contributed by atoms with van der Waals surface area (Å²) in [6.07, 6.45) is 13.9. The molecule has 3 aliphatic carbocycles. The fraction of sp³-hybridized carbons (Fsp3) is 0.605. The van der Waals surface area contributed by atoms with Gasteiger partial charge in [-0.2, -0.15) is 23.7 Å². The minimum atomic E-state index is -3.35. The molecule has 3 aliphatic rings. The van der Waals surface area contributed by atoms with Crippen molar-refractivity contribution in [2.45, 2.75) is 116 Å². The lowest BCUT2D eigenvalue weighted by Gasteiger charge is -2.27. The second kappa shape index (κ2) is 25.1. The molecule has 0 saturated heterocycles. The molecule has 0 spiro atoms. The number of anilines is 1. The summed E-state index contributed by atoms with van der Waals surface area (Å²) in [5.41, 5.74) is 19.8. The Hall–Kier alpha value is -6.48. The molecule has 3 aromatic rings. The Morgan fingerprint density at radius 2 is 1.06 bits per heavy atom. The first-order valence-corrected chi connectivity index (χ1v) is 22.2. The number of aromatic amines is 1. The average molecular weight is 939 g/mol. The van der Waals surface area contributed by atoms with E-state index in [0.29, 0.717) is 31.4 Å². The monoisotopic (exact) mass is 938 g/mol. The van der Waals surface area contributed by atoms with E-state index in [2.05, 4.69) is 20.4 Å². The molecule has 26 nitrogen and oxygen atoms in total. The van der Waals surface area contributed by atoms with Crippen molar-refractivity contribution in [2.75, 3.05) is 19.1 Å². The second-order valence-electron chi connectivity index (χ2n) is 15.6. The van der Waals surface area contributed by atoms with Gasteiger partial charge in [-0.25, -0.2) is 0 Å². The van der Waals surface area contributed by atoms with Crippen LogP contribution in [0.5, 0.6) is 0 Å². The summed E-state index contributed by atoms with van der Waals surface area (Å²) in [6, 6.07) is 0.174. The summed E-state index contributed by atoms with van der Waals surface area (Å²) >= 11 is 0. The fourth-order valence-electron chi connectivity index (χ4n) is 7.57. The molecule has 0 aliphatic heterocycles. The van der Waals surface area contributed by atoms with E-state index in [1.165, 1.54) is 10.9 Å². The Bertz CT molecular complexity index is 2210. The molecule has 6 rings (SSSR count). The van der Waals surface area contributed by atoms with E-state index in [1.807, 2.05) is 0 Å². The van der Waals surface area contributed by atoms with E-state index in [-0.39, 0.29) is 76.1 Å². The summed E-state index contributed by atoms with van der Waals surface area (Å²) in [6.45, 7) is 4.80. The highest BCUT2D eigenvalue weighted by molar-refractivity contribution is 7.86. The molecular weight excluding hydrogens is 881 g/mol. The Labute approximate surface area is 373 Å². The molecule has 27 heteroatoms. The highest BCUT2D eigenvalue weighted by Crippen LogP contribution is 2.35. The number of hydrogen-bond acceptors (Lipinski definition) is 18. The Morgan fingerprint density at radius 3 is 1.37 bits per heavy atom. The highest BCUT2D eigenvalue weighted by Gasteiger charge is 2.31. The third-order valence-corrected chi connectivity index (χ3v) is 11.7. The number of nitrogens with two attached hydrogens (primary N) is 4. The number of carbonyl (C=O) groups excluding carboxylic acids is 6. The van der Waals surface area contributed by atoms with Crippen LogP contribution in [0.1, 0.15) is 141 Å². The number of primary amides is 3. The maximum absolute atomic E-state index is 11.3. The van der Waals surface area contributed by atoms with Crippen molar-refractivity contribution in [3.63, 3.8) is 0 Å². The maximum Gasteiger partial charge on any atom is 0.320 e. The molecule has 0 aromatic carbocycles. The zero-order chi connectivity index (χ0) is 49.3. The van der Waals surface area contributed by atoms with E-state index in [4.69, 9.17) is 32.2 Å². The Morgan fingerprint density at radius 1 is 0.677 bits per heavy atom. The standard InChI is InChI=1S/C12H16N4O4.C12H18N4O2.C9H16O4S.C4H4N4O3.CH4O/c1-7(17)8-2-4-9(5-3-8)15-6-10(16(19)20)11(14-15)12(13)18;1-7(17)8-2-4-9(5-3-8)16-6-10(13)11(15-16)12(14)18;1-7(10)8-3-5-9(6-4-8)13-14(2,11)12;5-4(9)3-2(8(10)11)1-6-7-3;1-2/h6,8-9H,2-5H2,1H3,(H2,13,18);6,8-9H,2-5,13H2,1H3,(H2,14,18);8-9H,3-6H2,1-2H3;1H,(H2,5,9)(H,6,7);2H,1H3. The molecule has 360 valence electrons. The molecule has 3 heterocycles. The quantitative estimate of drug-likeness (QED) is 0.0861. The first kappa shape index (κ1) is 54.7. The van der Waals surface area contributed by atoms with Crippen LogP contribution in [0.25, 0.3) is 0 Å². The molecular formula is C38H58N12O14S. The number of nitrogens with zero attached hydrogens (tertiary/aromatic N) is 7. The van der Waals surface area contributed by atoms with Gasteiger partial charge in [-0.1, -0.05) is 0 Å². The summed E-state index contributed by atoms with van der Waals surface area (Å²) in [5.74, 6) is -1.45. The largest absolute Gasteiger partial charge is 0.400 e. The van der Waals surface area contributed by atoms with Crippen molar-refractivity contribution in [2.24, 2.45) is 35.0 Å². The molecule has 0 atom stereocenters. The van der Waals surface area contributed by atoms with Crippen LogP contribution in [0.4, 0.5) is 17.1 Å². The number of carbonyl (C=O) groups is 6. The topological polar surface area (TPSA) is 421 Å². The first-order chi connectivity index (χ1) is 30.4. The molecule has 3 amide bonds. The van der Waals surface area contributed by atoms with Crippen LogP contribution in [0, 0.1) is 38.0 Å². The van der Waals surface area contributed by atoms with E-state index >= 15 is 0 Å². The molecule has 3 saturated carbocycles. The fourth-order valence-corrected chi connectivity index (χ4v) is 8.26. The van der Waals surface area contributed by atoms with E-state index in [9.17, 15) is 57.4 Å². The summed E-state index contributed by atoms with van der Waals surface area (Å²) in [4.78, 5) is 85.9. The lowest BCUT2D eigenvalue weighted by atomic mass is 9.84. The van der Waals surface area contributed by atoms with Crippen LogP contribution in [-0.2, 0) is 28.7 Å². The van der Waals surface area contributed by atoms with Crippen molar-refractivity contribution in [3.8, 4) is 0 Å². The number of nitrogens with one attached hydrogen (secondary N) is 1. The second-order valence-corrected chi connectivity index (χ2v) is 17.2. The van der Waals surface area contributed by atoms with Gasteiger partial charge in [0.15, 0.2) is 5.69 Å². The smallest absolute Gasteiger partial charge is 0.320 e. The maximum atomic E-state index is 11.3. The zero-order valence-corrected chi connectivity index (χ0v) is 37.6. The minimum Gasteiger partial charge on any atom is -0.400 e. The summed E-state index contributed by atoms with van der Waals surface area (Å²) in [7, 11) is -2.35. The molecule has 65 heavy (non-hydrogen) atoms. The van der Waals surface area contributed by atoms with Gasteiger partial charge in [0.2, 0.25) is 11.4 Å². The Kier molecular flexibility index (Phi) is 21.1. The number of aliphatic hydroxyl groups excluding tert-OH is 1. The van der Waals surface area contributed by atoms with Crippen LogP contribution < -0.4 is 22.9 Å². The highest BCUT2D eigenvalue weighted by atomic mass is 32.2. The molecule has 0 radical (unpaired) electrons. The lowest BCUT2D eigenvalue weighted by molar-refractivity contribution is -0.385. The predicted octanol–water partition coefficient (Wildman–Crippen LogP) is 2.23. The first-order valence-electron chi connectivity index (χ1n) is 20.4.